The molecule has 3 heteroatoms. The topological polar surface area (TPSA) is 32.3 Å². The fraction of sp³-hybridized carbons (Fsp3) is 0.316. The lowest BCUT2D eigenvalue weighted by molar-refractivity contribution is -0.117. The quantitative estimate of drug-likeness (QED) is 0.850. The summed E-state index contributed by atoms with van der Waals surface area (Å²) in [5, 5.41) is 3.29. The van der Waals surface area contributed by atoms with E-state index in [0.29, 0.717) is 13.1 Å². The average Bonchev–Trinajstić information content (AvgIpc) is 3.38. The van der Waals surface area contributed by atoms with E-state index in [2.05, 4.69) is 17.4 Å². The molecule has 0 spiro atoms. The molecule has 1 aliphatic rings. The van der Waals surface area contributed by atoms with Gasteiger partial charge in [-0.05, 0) is 43.0 Å². The molecule has 3 rings (SSSR count). The van der Waals surface area contributed by atoms with Gasteiger partial charge >= 0.3 is 0 Å². The first-order valence-corrected chi connectivity index (χ1v) is 7.93. The molecular formula is C19H22N2O. The maximum atomic E-state index is 12.6. The number of anilines is 1. The standard InChI is InChI=1S/C19H22N2O/c22-19(14-20-13-16-11-12-16)21(18-9-5-2-6-10-18)15-17-7-3-1-4-8-17/h1-10,16,20H,11-15H2. The zero-order valence-electron chi connectivity index (χ0n) is 12.7. The molecular weight excluding hydrogens is 272 g/mol. The maximum absolute atomic E-state index is 12.6. The van der Waals surface area contributed by atoms with E-state index >= 15 is 0 Å². The molecule has 0 radical (unpaired) electrons. The van der Waals surface area contributed by atoms with Gasteiger partial charge in [0, 0.05) is 5.69 Å². The smallest absolute Gasteiger partial charge is 0.241 e. The van der Waals surface area contributed by atoms with Gasteiger partial charge in [-0.1, -0.05) is 48.5 Å². The normalized spacial score (nSPS) is 13.8. The van der Waals surface area contributed by atoms with E-state index in [0.717, 1.165) is 23.7 Å². The van der Waals surface area contributed by atoms with Gasteiger partial charge in [-0.25, -0.2) is 0 Å². The van der Waals surface area contributed by atoms with Gasteiger partial charge < -0.3 is 10.2 Å². The summed E-state index contributed by atoms with van der Waals surface area (Å²) in [6.45, 7) is 1.97. The van der Waals surface area contributed by atoms with Gasteiger partial charge in [-0.2, -0.15) is 0 Å². The molecule has 1 saturated carbocycles. The summed E-state index contributed by atoms with van der Waals surface area (Å²) in [7, 11) is 0. The lowest BCUT2D eigenvalue weighted by Crippen LogP contribution is -2.38. The molecule has 0 aromatic heterocycles. The Bertz CT molecular complexity index is 593. The Balaban J connectivity index is 1.68. The highest BCUT2D eigenvalue weighted by atomic mass is 16.2. The molecule has 1 aliphatic carbocycles. The Kier molecular flexibility index (Phi) is 4.86. The lowest BCUT2D eigenvalue weighted by atomic mass is 10.2. The summed E-state index contributed by atoms with van der Waals surface area (Å²) in [6, 6.07) is 20.0. The highest BCUT2D eigenvalue weighted by molar-refractivity contribution is 5.94. The van der Waals surface area contributed by atoms with E-state index in [-0.39, 0.29) is 5.91 Å². The van der Waals surface area contributed by atoms with E-state index in [9.17, 15) is 4.79 Å². The van der Waals surface area contributed by atoms with Gasteiger partial charge in [-0.15, -0.1) is 0 Å². The van der Waals surface area contributed by atoms with Crippen molar-refractivity contribution in [2.45, 2.75) is 19.4 Å². The second kappa shape index (κ2) is 7.23. The molecule has 2 aromatic carbocycles. The minimum atomic E-state index is 0.121. The zero-order chi connectivity index (χ0) is 15.2. The Hall–Kier alpha value is -2.13. The summed E-state index contributed by atoms with van der Waals surface area (Å²) < 4.78 is 0. The molecule has 1 fully saturated rings. The van der Waals surface area contributed by atoms with Crippen LogP contribution in [0.5, 0.6) is 0 Å². The van der Waals surface area contributed by atoms with E-state index in [1.165, 1.54) is 12.8 Å². The van der Waals surface area contributed by atoms with Crippen LogP contribution < -0.4 is 10.2 Å². The van der Waals surface area contributed by atoms with Crippen molar-refractivity contribution in [1.29, 1.82) is 0 Å². The highest BCUT2D eigenvalue weighted by Gasteiger charge is 2.22. The van der Waals surface area contributed by atoms with E-state index < -0.39 is 0 Å². The fourth-order valence-electron chi connectivity index (χ4n) is 2.50. The summed E-state index contributed by atoms with van der Waals surface area (Å²) >= 11 is 0. The summed E-state index contributed by atoms with van der Waals surface area (Å²) in [4.78, 5) is 14.5. The number of hydrogen-bond acceptors (Lipinski definition) is 2. The van der Waals surface area contributed by atoms with Gasteiger partial charge in [-0.3, -0.25) is 4.79 Å². The predicted molar refractivity (Wildman–Crippen MR) is 89.7 cm³/mol. The van der Waals surface area contributed by atoms with E-state index in [1.807, 2.05) is 53.4 Å². The van der Waals surface area contributed by atoms with Crippen molar-refractivity contribution in [1.82, 2.24) is 5.32 Å². The van der Waals surface area contributed by atoms with E-state index in [4.69, 9.17) is 0 Å². The van der Waals surface area contributed by atoms with Gasteiger partial charge in [0.1, 0.15) is 0 Å². The minimum Gasteiger partial charge on any atom is -0.308 e. The first kappa shape index (κ1) is 14.8. The number of nitrogens with zero attached hydrogens (tertiary/aromatic N) is 1. The molecule has 1 N–H and O–H groups in total. The van der Waals surface area contributed by atoms with E-state index in [1.54, 1.807) is 0 Å². The number of rotatable bonds is 7. The van der Waals surface area contributed by atoms with Crippen LogP contribution in [0.2, 0.25) is 0 Å². The van der Waals surface area contributed by atoms with Crippen molar-refractivity contribution in [2.24, 2.45) is 5.92 Å². The first-order valence-electron chi connectivity index (χ1n) is 7.93. The summed E-state index contributed by atoms with van der Waals surface area (Å²) in [5.74, 6) is 0.905. The number of amides is 1. The molecule has 22 heavy (non-hydrogen) atoms. The van der Waals surface area contributed by atoms with Crippen LogP contribution in [-0.4, -0.2) is 19.0 Å². The fourth-order valence-corrected chi connectivity index (χ4v) is 2.50. The van der Waals surface area contributed by atoms with Crippen LogP contribution in [0.25, 0.3) is 0 Å². The monoisotopic (exact) mass is 294 g/mol. The Morgan fingerprint density at radius 3 is 2.27 bits per heavy atom. The molecule has 114 valence electrons. The van der Waals surface area contributed by atoms with Crippen LogP contribution in [0, 0.1) is 5.92 Å². The first-order chi connectivity index (χ1) is 10.8. The van der Waals surface area contributed by atoms with Crippen molar-refractivity contribution in [3.63, 3.8) is 0 Å². The third-order valence-corrected chi connectivity index (χ3v) is 3.96. The number of para-hydroxylation sites is 1. The van der Waals surface area contributed by atoms with Crippen LogP contribution in [0.4, 0.5) is 5.69 Å². The molecule has 0 heterocycles. The third-order valence-electron chi connectivity index (χ3n) is 3.96. The van der Waals surface area contributed by atoms with Gasteiger partial charge in [0.15, 0.2) is 0 Å². The van der Waals surface area contributed by atoms with Crippen molar-refractivity contribution in [3.8, 4) is 0 Å². The van der Waals surface area contributed by atoms with Crippen LogP contribution >= 0.6 is 0 Å². The third kappa shape index (κ3) is 4.18. The maximum Gasteiger partial charge on any atom is 0.241 e. The number of carbonyl (C=O) groups excluding carboxylic acids is 1. The number of benzene rings is 2. The largest absolute Gasteiger partial charge is 0.308 e. The molecule has 0 saturated heterocycles. The summed E-state index contributed by atoms with van der Waals surface area (Å²) in [6.07, 6.45) is 2.60. The molecule has 0 aliphatic heterocycles. The van der Waals surface area contributed by atoms with Crippen LogP contribution in [-0.2, 0) is 11.3 Å². The van der Waals surface area contributed by atoms with Crippen LogP contribution in [0.1, 0.15) is 18.4 Å². The second-order valence-corrected chi connectivity index (χ2v) is 5.88. The Morgan fingerprint density at radius 1 is 1.00 bits per heavy atom. The highest BCUT2D eigenvalue weighted by Crippen LogP contribution is 2.27. The van der Waals surface area contributed by atoms with Crippen LogP contribution in [0.3, 0.4) is 0 Å². The van der Waals surface area contributed by atoms with Gasteiger partial charge in [0.2, 0.25) is 5.91 Å². The van der Waals surface area contributed by atoms with Crippen molar-refractivity contribution >= 4 is 11.6 Å². The molecule has 0 bridgehead atoms. The summed E-state index contributed by atoms with van der Waals surface area (Å²) in [5.41, 5.74) is 2.09. The van der Waals surface area contributed by atoms with Crippen molar-refractivity contribution in [3.05, 3.63) is 66.2 Å². The lowest BCUT2D eigenvalue weighted by Gasteiger charge is -2.23. The minimum absolute atomic E-state index is 0.121. The Labute approximate surface area is 132 Å². The predicted octanol–water partition coefficient (Wildman–Crippen LogP) is 3.22. The van der Waals surface area contributed by atoms with Crippen molar-refractivity contribution < 1.29 is 4.79 Å². The zero-order valence-corrected chi connectivity index (χ0v) is 12.7. The van der Waals surface area contributed by atoms with Crippen LogP contribution in [0.15, 0.2) is 60.7 Å². The molecule has 0 atom stereocenters. The van der Waals surface area contributed by atoms with Gasteiger partial charge in [0.05, 0.1) is 13.1 Å². The van der Waals surface area contributed by atoms with Gasteiger partial charge in [0.25, 0.3) is 0 Å². The Morgan fingerprint density at radius 2 is 1.64 bits per heavy atom. The number of carbonyl (C=O) groups is 1. The molecule has 3 nitrogen and oxygen atoms in total. The average molecular weight is 294 g/mol. The molecule has 0 unspecified atom stereocenters. The molecule has 1 amide bonds. The molecule has 2 aromatic rings. The SMILES string of the molecule is O=C(CNCC1CC1)N(Cc1ccccc1)c1ccccc1. The number of hydrogen-bond donors (Lipinski definition) is 1. The second-order valence-electron chi connectivity index (χ2n) is 5.88. The van der Waals surface area contributed by atoms with Crippen molar-refractivity contribution in [2.75, 3.05) is 18.0 Å². The number of nitrogens with one attached hydrogen (secondary N) is 1.